The molecule has 0 bridgehead atoms. The fraction of sp³-hybridized carbons (Fsp3) is 0. The van der Waals surface area contributed by atoms with Gasteiger partial charge in [-0.1, -0.05) is 30.3 Å². The van der Waals surface area contributed by atoms with Gasteiger partial charge in [-0.3, -0.25) is 4.79 Å². The van der Waals surface area contributed by atoms with Crippen molar-refractivity contribution in [3.8, 4) is 11.8 Å². The maximum absolute atomic E-state index is 12.2. The molecule has 1 N–H and O–H groups in total. The fourth-order valence-electron chi connectivity index (χ4n) is 2.56. The highest BCUT2D eigenvalue weighted by molar-refractivity contribution is 6.34. The highest BCUT2D eigenvalue weighted by Crippen LogP contribution is 2.33. The Morgan fingerprint density at radius 1 is 0.958 bits per heavy atom. The number of amides is 1. The average molecular weight is 315 g/mol. The smallest absolute Gasteiger partial charge is 0.321 e. The molecular weight excluding hydrogens is 302 g/mol. The lowest BCUT2D eigenvalue weighted by atomic mass is 10.0. The summed E-state index contributed by atoms with van der Waals surface area (Å²) < 4.78 is 5.63. The number of fused-ring (bicyclic) bond motifs is 1. The molecule has 0 unspecified atom stereocenters. The van der Waals surface area contributed by atoms with E-state index in [2.05, 4.69) is 15.3 Å². The Balaban J connectivity index is 1.66. The molecule has 0 fully saturated rings. The van der Waals surface area contributed by atoms with Crippen LogP contribution in [0.25, 0.3) is 11.6 Å². The van der Waals surface area contributed by atoms with Crippen molar-refractivity contribution in [2.45, 2.75) is 0 Å². The van der Waals surface area contributed by atoms with Gasteiger partial charge in [0.15, 0.2) is 0 Å². The van der Waals surface area contributed by atoms with Crippen LogP contribution >= 0.6 is 0 Å². The maximum Gasteiger partial charge on any atom is 0.321 e. The van der Waals surface area contributed by atoms with Crippen LogP contribution in [0.4, 0.5) is 5.69 Å². The van der Waals surface area contributed by atoms with E-state index in [9.17, 15) is 4.79 Å². The van der Waals surface area contributed by atoms with Crippen molar-refractivity contribution < 1.29 is 9.53 Å². The lowest BCUT2D eigenvalue weighted by Crippen LogP contribution is -2.03. The van der Waals surface area contributed by atoms with E-state index in [1.807, 2.05) is 54.6 Å². The van der Waals surface area contributed by atoms with E-state index >= 15 is 0 Å². The Hall–Kier alpha value is -3.47. The van der Waals surface area contributed by atoms with Crippen LogP contribution in [0.2, 0.25) is 0 Å². The molecular formula is C19H13N3O2. The summed E-state index contributed by atoms with van der Waals surface area (Å²) in [6.07, 6.45) is 5.09. The third-order valence-electron chi connectivity index (χ3n) is 3.63. The molecule has 1 aliphatic rings. The molecule has 2 heterocycles. The van der Waals surface area contributed by atoms with Gasteiger partial charge in [0.05, 0.1) is 0 Å². The van der Waals surface area contributed by atoms with Crippen LogP contribution in [0, 0.1) is 0 Å². The molecule has 3 aromatic rings. The number of aromatic nitrogens is 2. The Morgan fingerprint density at radius 3 is 2.67 bits per heavy atom. The van der Waals surface area contributed by atoms with Gasteiger partial charge in [-0.2, -0.15) is 0 Å². The van der Waals surface area contributed by atoms with Crippen molar-refractivity contribution in [2.75, 3.05) is 5.32 Å². The van der Waals surface area contributed by atoms with Crippen LogP contribution in [-0.4, -0.2) is 15.9 Å². The molecule has 4 rings (SSSR count). The summed E-state index contributed by atoms with van der Waals surface area (Å²) in [5.74, 6) is 0.510. The minimum absolute atomic E-state index is 0.103. The zero-order chi connectivity index (χ0) is 16.4. The summed E-state index contributed by atoms with van der Waals surface area (Å²) in [5.41, 5.74) is 3.24. The molecule has 1 aliphatic heterocycles. The van der Waals surface area contributed by atoms with Gasteiger partial charge in [-0.05, 0) is 35.9 Å². The number of nitrogens with zero attached hydrogens (tertiary/aromatic N) is 2. The summed E-state index contributed by atoms with van der Waals surface area (Å²) in [4.78, 5) is 20.3. The minimum Gasteiger partial charge on any atom is -0.424 e. The molecule has 5 nitrogen and oxygen atoms in total. The van der Waals surface area contributed by atoms with Gasteiger partial charge in [0.25, 0.3) is 5.91 Å². The second-order valence-corrected chi connectivity index (χ2v) is 5.26. The first-order valence-corrected chi connectivity index (χ1v) is 7.47. The van der Waals surface area contributed by atoms with Crippen LogP contribution in [0.15, 0.2) is 67.0 Å². The third kappa shape index (κ3) is 2.75. The number of nitrogens with one attached hydrogen (secondary N) is 1. The quantitative estimate of drug-likeness (QED) is 0.747. The molecule has 0 saturated heterocycles. The number of carbonyl (C=O) groups is 1. The van der Waals surface area contributed by atoms with Crippen molar-refractivity contribution in [1.82, 2.24) is 9.97 Å². The molecule has 0 atom stereocenters. The lowest BCUT2D eigenvalue weighted by Gasteiger charge is -2.04. The normalized spacial score (nSPS) is 14.3. The van der Waals surface area contributed by atoms with Gasteiger partial charge in [0.2, 0.25) is 0 Å². The molecule has 116 valence electrons. The predicted molar refractivity (Wildman–Crippen MR) is 91.5 cm³/mol. The minimum atomic E-state index is -0.103. The molecule has 1 amide bonds. The molecule has 0 spiro atoms. The van der Waals surface area contributed by atoms with E-state index in [1.165, 1.54) is 0 Å². The number of anilines is 1. The van der Waals surface area contributed by atoms with Crippen LogP contribution in [0.5, 0.6) is 11.8 Å². The second kappa shape index (κ2) is 5.96. The number of carbonyl (C=O) groups excluding carboxylic acids is 1. The summed E-state index contributed by atoms with van der Waals surface area (Å²) >= 11 is 0. The lowest BCUT2D eigenvalue weighted by molar-refractivity contribution is -0.110. The van der Waals surface area contributed by atoms with Crippen molar-refractivity contribution in [3.05, 3.63) is 78.1 Å². The number of rotatable bonds is 3. The van der Waals surface area contributed by atoms with E-state index in [0.29, 0.717) is 11.3 Å². The van der Waals surface area contributed by atoms with Crippen molar-refractivity contribution in [2.24, 2.45) is 0 Å². The van der Waals surface area contributed by atoms with E-state index in [4.69, 9.17) is 4.74 Å². The van der Waals surface area contributed by atoms with Crippen molar-refractivity contribution in [3.63, 3.8) is 0 Å². The number of hydrogen-bond acceptors (Lipinski definition) is 4. The van der Waals surface area contributed by atoms with Crippen LogP contribution in [0.3, 0.4) is 0 Å². The monoisotopic (exact) mass is 315 g/mol. The molecule has 1 aromatic heterocycles. The topological polar surface area (TPSA) is 64.1 Å². The highest BCUT2D eigenvalue weighted by Gasteiger charge is 2.23. The Morgan fingerprint density at radius 2 is 1.79 bits per heavy atom. The summed E-state index contributed by atoms with van der Waals surface area (Å²) in [6, 6.07) is 17.1. The zero-order valence-corrected chi connectivity index (χ0v) is 12.6. The molecule has 2 aromatic carbocycles. The Bertz CT molecular complexity index is 936. The van der Waals surface area contributed by atoms with Gasteiger partial charge < -0.3 is 10.1 Å². The van der Waals surface area contributed by atoms with E-state index in [0.717, 1.165) is 16.8 Å². The van der Waals surface area contributed by atoms with Crippen LogP contribution in [0.1, 0.15) is 11.1 Å². The number of para-hydroxylation sites is 1. The zero-order valence-electron chi connectivity index (χ0n) is 12.6. The van der Waals surface area contributed by atoms with E-state index in [-0.39, 0.29) is 11.9 Å². The second-order valence-electron chi connectivity index (χ2n) is 5.26. The first kappa shape index (κ1) is 14.1. The van der Waals surface area contributed by atoms with Gasteiger partial charge in [0, 0.05) is 29.2 Å². The van der Waals surface area contributed by atoms with Crippen LogP contribution in [-0.2, 0) is 4.79 Å². The summed E-state index contributed by atoms with van der Waals surface area (Å²) in [5, 5.41) is 2.86. The highest BCUT2D eigenvalue weighted by atomic mass is 16.5. The van der Waals surface area contributed by atoms with E-state index in [1.54, 1.807) is 18.5 Å². The molecule has 0 saturated carbocycles. The predicted octanol–water partition coefficient (Wildman–Crippen LogP) is 3.76. The standard InChI is InChI=1S/C19H13N3O2/c23-18-16(15-7-1-2-8-17(15)22-18)12-13-5-3-6-14(11-13)24-19-20-9-4-10-21-19/h1-12H,(H,22,23)/b16-12-. The first-order valence-electron chi connectivity index (χ1n) is 7.47. The third-order valence-corrected chi connectivity index (χ3v) is 3.63. The van der Waals surface area contributed by atoms with Gasteiger partial charge >= 0.3 is 6.01 Å². The van der Waals surface area contributed by atoms with Gasteiger partial charge in [0.1, 0.15) is 5.75 Å². The molecule has 5 heteroatoms. The largest absolute Gasteiger partial charge is 0.424 e. The first-order chi connectivity index (χ1) is 11.8. The number of hydrogen-bond donors (Lipinski definition) is 1. The van der Waals surface area contributed by atoms with Gasteiger partial charge in [-0.25, -0.2) is 9.97 Å². The fourth-order valence-corrected chi connectivity index (χ4v) is 2.56. The van der Waals surface area contributed by atoms with Crippen molar-refractivity contribution >= 4 is 23.2 Å². The molecule has 0 radical (unpaired) electrons. The molecule has 0 aliphatic carbocycles. The Kier molecular flexibility index (Phi) is 3.51. The number of benzene rings is 2. The van der Waals surface area contributed by atoms with Crippen molar-refractivity contribution in [1.29, 1.82) is 0 Å². The summed E-state index contributed by atoms with van der Waals surface area (Å²) in [6.45, 7) is 0. The van der Waals surface area contributed by atoms with Gasteiger partial charge in [-0.15, -0.1) is 0 Å². The van der Waals surface area contributed by atoms with E-state index < -0.39 is 0 Å². The average Bonchev–Trinajstić information content (AvgIpc) is 2.92. The SMILES string of the molecule is O=C1Nc2ccccc2/C1=C/c1cccc(Oc2ncccn2)c1. The summed E-state index contributed by atoms with van der Waals surface area (Å²) in [7, 11) is 0. The Labute approximate surface area is 138 Å². The maximum atomic E-state index is 12.2. The molecule has 24 heavy (non-hydrogen) atoms. The van der Waals surface area contributed by atoms with Crippen LogP contribution < -0.4 is 10.1 Å². The number of ether oxygens (including phenoxy) is 1.